The lowest BCUT2D eigenvalue weighted by Gasteiger charge is -2.32. The number of aromatic nitrogens is 2. The molecule has 0 radical (unpaired) electrons. The average molecular weight is 319 g/mol. The molecule has 1 fully saturated rings. The molecule has 1 aliphatic heterocycles. The Balaban J connectivity index is 1.56. The maximum Gasteiger partial charge on any atom is 0.323 e. The molecule has 0 spiro atoms. The Kier molecular flexibility index (Phi) is 4.45. The van der Waals surface area contributed by atoms with E-state index < -0.39 is 0 Å². The maximum atomic E-state index is 12.9. The molecule has 7 heteroatoms. The maximum absolute atomic E-state index is 12.9. The van der Waals surface area contributed by atoms with Crippen molar-refractivity contribution in [3.63, 3.8) is 0 Å². The standard InChI is InChI=1S/C16H18FN3O3/c17-12-3-5-13(6-4-12)23-10-11-2-1-7-20(9-11)15(21)14-8-18-16(22)19-14/h3-6,8,11H,1-2,7,9-10H2,(H2,18,19,22)/t11-/m0/s1. The Labute approximate surface area is 132 Å². The summed E-state index contributed by atoms with van der Waals surface area (Å²) in [6, 6.07) is 5.89. The van der Waals surface area contributed by atoms with E-state index in [0.29, 0.717) is 25.4 Å². The number of H-pyrrole nitrogens is 2. The normalized spacial score (nSPS) is 18.0. The fourth-order valence-electron chi connectivity index (χ4n) is 2.75. The number of hydrogen-bond donors (Lipinski definition) is 2. The van der Waals surface area contributed by atoms with E-state index in [4.69, 9.17) is 4.74 Å². The first-order valence-electron chi connectivity index (χ1n) is 7.57. The zero-order chi connectivity index (χ0) is 16.2. The number of nitrogens with one attached hydrogen (secondary N) is 2. The van der Waals surface area contributed by atoms with E-state index in [1.165, 1.54) is 18.3 Å². The molecule has 0 saturated carbocycles. The van der Waals surface area contributed by atoms with Crippen LogP contribution < -0.4 is 10.4 Å². The predicted octanol–water partition coefficient (Wildman–Crippen LogP) is 1.77. The van der Waals surface area contributed by atoms with Crippen LogP contribution in [0.3, 0.4) is 0 Å². The molecule has 1 saturated heterocycles. The molecule has 2 heterocycles. The van der Waals surface area contributed by atoms with Crippen molar-refractivity contribution in [2.45, 2.75) is 12.8 Å². The van der Waals surface area contributed by atoms with Crippen molar-refractivity contribution in [2.75, 3.05) is 19.7 Å². The second-order valence-electron chi connectivity index (χ2n) is 5.68. The zero-order valence-electron chi connectivity index (χ0n) is 12.5. The smallest absolute Gasteiger partial charge is 0.323 e. The molecular weight excluding hydrogens is 301 g/mol. The lowest BCUT2D eigenvalue weighted by Crippen LogP contribution is -2.41. The number of aromatic amines is 2. The molecule has 2 N–H and O–H groups in total. The Hall–Kier alpha value is -2.57. The quantitative estimate of drug-likeness (QED) is 0.901. The van der Waals surface area contributed by atoms with Gasteiger partial charge in [-0.2, -0.15) is 0 Å². The van der Waals surface area contributed by atoms with Gasteiger partial charge < -0.3 is 19.6 Å². The minimum absolute atomic E-state index is 0.185. The van der Waals surface area contributed by atoms with Crippen LogP contribution in [0, 0.1) is 11.7 Å². The van der Waals surface area contributed by atoms with Crippen molar-refractivity contribution in [3.05, 3.63) is 52.5 Å². The van der Waals surface area contributed by atoms with E-state index in [2.05, 4.69) is 9.97 Å². The van der Waals surface area contributed by atoms with E-state index in [1.807, 2.05) is 0 Å². The van der Waals surface area contributed by atoms with Crippen LogP contribution in [0.15, 0.2) is 35.3 Å². The van der Waals surface area contributed by atoms with Gasteiger partial charge in [-0.3, -0.25) is 4.79 Å². The molecule has 0 aliphatic carbocycles. The number of carbonyl (C=O) groups is 1. The minimum Gasteiger partial charge on any atom is -0.493 e. The number of piperidine rings is 1. The summed E-state index contributed by atoms with van der Waals surface area (Å²) in [6.45, 7) is 1.71. The Morgan fingerprint density at radius 2 is 2.13 bits per heavy atom. The van der Waals surface area contributed by atoms with Gasteiger partial charge >= 0.3 is 5.69 Å². The minimum atomic E-state index is -0.387. The fourth-order valence-corrected chi connectivity index (χ4v) is 2.75. The van der Waals surface area contributed by atoms with Crippen LogP contribution in [-0.2, 0) is 0 Å². The van der Waals surface area contributed by atoms with Gasteiger partial charge in [0.15, 0.2) is 0 Å². The van der Waals surface area contributed by atoms with Gasteiger partial charge in [0.05, 0.1) is 6.61 Å². The van der Waals surface area contributed by atoms with Gasteiger partial charge in [0, 0.05) is 25.2 Å². The van der Waals surface area contributed by atoms with Gasteiger partial charge in [0.25, 0.3) is 5.91 Å². The molecule has 0 bridgehead atoms. The third-order valence-corrected chi connectivity index (χ3v) is 3.93. The second kappa shape index (κ2) is 6.68. The van der Waals surface area contributed by atoms with Crippen molar-refractivity contribution >= 4 is 5.91 Å². The third-order valence-electron chi connectivity index (χ3n) is 3.93. The van der Waals surface area contributed by atoms with Crippen LogP contribution >= 0.6 is 0 Å². The predicted molar refractivity (Wildman–Crippen MR) is 81.9 cm³/mol. The molecule has 122 valence electrons. The first kappa shape index (κ1) is 15.3. The Bertz CT molecular complexity index is 723. The highest BCUT2D eigenvalue weighted by atomic mass is 19.1. The summed E-state index contributed by atoms with van der Waals surface area (Å²) in [6.07, 6.45) is 3.25. The molecule has 1 amide bonds. The van der Waals surface area contributed by atoms with Gasteiger partial charge in [0.1, 0.15) is 17.3 Å². The summed E-state index contributed by atoms with van der Waals surface area (Å²) in [7, 11) is 0. The van der Waals surface area contributed by atoms with Crippen LogP contribution in [0.4, 0.5) is 4.39 Å². The van der Waals surface area contributed by atoms with Crippen LogP contribution in [0.25, 0.3) is 0 Å². The van der Waals surface area contributed by atoms with Gasteiger partial charge in [-0.1, -0.05) is 0 Å². The molecule has 2 aromatic rings. The van der Waals surface area contributed by atoms with Crippen molar-refractivity contribution in [1.29, 1.82) is 0 Å². The van der Waals surface area contributed by atoms with E-state index in [1.54, 1.807) is 17.0 Å². The lowest BCUT2D eigenvalue weighted by molar-refractivity contribution is 0.0628. The Morgan fingerprint density at radius 3 is 2.83 bits per heavy atom. The highest BCUT2D eigenvalue weighted by Crippen LogP contribution is 2.20. The SMILES string of the molecule is O=C(c1c[nH]c(=O)[nH]1)N1CCC[C@H](COc2ccc(F)cc2)C1. The number of hydrogen-bond acceptors (Lipinski definition) is 3. The summed E-state index contributed by atoms with van der Waals surface area (Å²) in [5.41, 5.74) is -0.114. The molecule has 1 aromatic heterocycles. The van der Waals surface area contributed by atoms with Crippen molar-refractivity contribution in [1.82, 2.24) is 14.9 Å². The monoisotopic (exact) mass is 319 g/mol. The first-order valence-corrected chi connectivity index (χ1v) is 7.57. The summed E-state index contributed by atoms with van der Waals surface area (Å²) >= 11 is 0. The average Bonchev–Trinajstić information content (AvgIpc) is 3.00. The van der Waals surface area contributed by atoms with Crippen LogP contribution in [0.2, 0.25) is 0 Å². The summed E-state index contributed by atoms with van der Waals surface area (Å²) in [4.78, 5) is 30.1. The number of imidazole rings is 1. The first-order chi connectivity index (χ1) is 11.1. The number of ether oxygens (including phenoxy) is 1. The van der Waals surface area contributed by atoms with Crippen LogP contribution in [0.1, 0.15) is 23.3 Å². The van der Waals surface area contributed by atoms with Crippen molar-refractivity contribution in [3.8, 4) is 5.75 Å². The number of likely N-dealkylation sites (tertiary alicyclic amines) is 1. The van der Waals surface area contributed by atoms with Gasteiger partial charge in [-0.25, -0.2) is 9.18 Å². The van der Waals surface area contributed by atoms with E-state index in [9.17, 15) is 14.0 Å². The van der Waals surface area contributed by atoms with E-state index >= 15 is 0 Å². The number of benzene rings is 1. The van der Waals surface area contributed by atoms with Crippen LogP contribution in [0.5, 0.6) is 5.75 Å². The third kappa shape index (κ3) is 3.80. The topological polar surface area (TPSA) is 78.2 Å². The molecular formula is C16H18FN3O3. The van der Waals surface area contributed by atoms with Crippen molar-refractivity contribution in [2.24, 2.45) is 5.92 Å². The number of amides is 1. The highest BCUT2D eigenvalue weighted by molar-refractivity contribution is 5.92. The summed E-state index contributed by atoms with van der Waals surface area (Å²) in [5.74, 6) is 0.343. The van der Waals surface area contributed by atoms with Crippen molar-refractivity contribution < 1.29 is 13.9 Å². The number of halogens is 1. The highest BCUT2D eigenvalue weighted by Gasteiger charge is 2.25. The number of nitrogens with zero attached hydrogens (tertiary/aromatic N) is 1. The molecule has 1 atom stereocenters. The summed E-state index contributed by atoms with van der Waals surface area (Å²) < 4.78 is 18.5. The molecule has 1 aromatic carbocycles. The van der Waals surface area contributed by atoms with Gasteiger partial charge in [0.2, 0.25) is 0 Å². The molecule has 6 nitrogen and oxygen atoms in total. The van der Waals surface area contributed by atoms with Crippen LogP contribution in [-0.4, -0.2) is 40.5 Å². The zero-order valence-corrected chi connectivity index (χ0v) is 12.5. The molecule has 1 aliphatic rings. The molecule has 3 rings (SSSR count). The second-order valence-corrected chi connectivity index (χ2v) is 5.68. The van der Waals surface area contributed by atoms with E-state index in [-0.39, 0.29) is 29.0 Å². The number of carbonyl (C=O) groups excluding carboxylic acids is 1. The van der Waals surface area contributed by atoms with Gasteiger partial charge in [-0.15, -0.1) is 0 Å². The fraction of sp³-hybridized carbons (Fsp3) is 0.375. The molecule has 23 heavy (non-hydrogen) atoms. The van der Waals surface area contributed by atoms with Gasteiger partial charge in [-0.05, 0) is 37.1 Å². The lowest BCUT2D eigenvalue weighted by atomic mass is 9.98. The summed E-state index contributed by atoms with van der Waals surface area (Å²) in [5, 5.41) is 0. The number of rotatable bonds is 4. The van der Waals surface area contributed by atoms with E-state index in [0.717, 1.165) is 12.8 Å². The Morgan fingerprint density at radius 1 is 1.35 bits per heavy atom. The largest absolute Gasteiger partial charge is 0.493 e. The molecule has 0 unspecified atom stereocenters.